The summed E-state index contributed by atoms with van der Waals surface area (Å²) in [5.41, 5.74) is 6.28. The predicted octanol–water partition coefficient (Wildman–Crippen LogP) is 1.59. The van der Waals surface area contributed by atoms with Crippen LogP contribution in [-0.4, -0.2) is 35.5 Å². The second kappa shape index (κ2) is 5.48. The molecule has 2 aliphatic rings. The first kappa shape index (κ1) is 14.1. The summed E-state index contributed by atoms with van der Waals surface area (Å²) < 4.78 is 0. The summed E-state index contributed by atoms with van der Waals surface area (Å²) in [5, 5.41) is 2.91. The number of urea groups is 1. The molecule has 2 fully saturated rings. The minimum absolute atomic E-state index is 0.0162. The van der Waals surface area contributed by atoms with E-state index in [0.29, 0.717) is 13.1 Å². The Morgan fingerprint density at radius 3 is 2.48 bits per heavy atom. The van der Waals surface area contributed by atoms with Crippen LogP contribution in [0.2, 0.25) is 0 Å². The summed E-state index contributed by atoms with van der Waals surface area (Å²) >= 11 is 0. The second-order valence-corrected chi connectivity index (χ2v) is 5.98. The molecule has 5 heteroatoms. The van der Waals surface area contributed by atoms with Crippen molar-refractivity contribution in [2.24, 2.45) is 5.73 Å². The third-order valence-corrected chi connectivity index (χ3v) is 4.66. The quantitative estimate of drug-likeness (QED) is 0.826. The number of hydrogen-bond donors (Lipinski definition) is 2. The van der Waals surface area contributed by atoms with E-state index in [2.05, 4.69) is 5.32 Å². The smallest absolute Gasteiger partial charge is 0.325 e. The Balaban J connectivity index is 1.77. The van der Waals surface area contributed by atoms with Crippen LogP contribution >= 0.6 is 0 Å². The molecule has 112 valence electrons. The molecule has 0 bridgehead atoms. The van der Waals surface area contributed by atoms with Gasteiger partial charge in [0.05, 0.1) is 0 Å². The molecule has 3 rings (SSSR count). The molecule has 1 atom stereocenters. The van der Waals surface area contributed by atoms with E-state index in [4.69, 9.17) is 5.73 Å². The Kier molecular flexibility index (Phi) is 3.68. The fourth-order valence-electron chi connectivity index (χ4n) is 3.42. The van der Waals surface area contributed by atoms with Crippen LogP contribution in [0.25, 0.3) is 0 Å². The van der Waals surface area contributed by atoms with Crippen molar-refractivity contribution in [3.05, 3.63) is 35.9 Å². The number of hydrogen-bond acceptors (Lipinski definition) is 3. The van der Waals surface area contributed by atoms with Gasteiger partial charge in [0.25, 0.3) is 5.91 Å². The van der Waals surface area contributed by atoms with Crippen LogP contribution < -0.4 is 11.1 Å². The molecule has 1 saturated carbocycles. The van der Waals surface area contributed by atoms with E-state index in [-0.39, 0.29) is 17.9 Å². The van der Waals surface area contributed by atoms with E-state index in [0.717, 1.165) is 31.2 Å². The Hall–Kier alpha value is -1.88. The molecule has 1 heterocycles. The first-order chi connectivity index (χ1) is 10.2. The van der Waals surface area contributed by atoms with Crippen molar-refractivity contribution >= 4 is 11.9 Å². The number of nitrogens with zero attached hydrogens (tertiary/aromatic N) is 1. The van der Waals surface area contributed by atoms with E-state index in [9.17, 15) is 9.59 Å². The van der Waals surface area contributed by atoms with Crippen molar-refractivity contribution in [1.29, 1.82) is 0 Å². The molecule has 1 unspecified atom stereocenters. The van der Waals surface area contributed by atoms with Gasteiger partial charge < -0.3 is 11.1 Å². The van der Waals surface area contributed by atoms with Crippen molar-refractivity contribution < 1.29 is 9.59 Å². The molecule has 0 radical (unpaired) electrons. The first-order valence-electron chi connectivity index (χ1n) is 7.55. The van der Waals surface area contributed by atoms with Gasteiger partial charge in [0.1, 0.15) is 5.54 Å². The minimum Gasteiger partial charge on any atom is -0.330 e. The van der Waals surface area contributed by atoms with Gasteiger partial charge in [-0.1, -0.05) is 43.2 Å². The Bertz CT molecular complexity index is 538. The predicted molar refractivity (Wildman–Crippen MR) is 79.7 cm³/mol. The fraction of sp³-hybridized carbons (Fsp3) is 0.500. The summed E-state index contributed by atoms with van der Waals surface area (Å²) in [7, 11) is 0. The Labute approximate surface area is 124 Å². The van der Waals surface area contributed by atoms with Crippen molar-refractivity contribution in [1.82, 2.24) is 10.2 Å². The van der Waals surface area contributed by atoms with Gasteiger partial charge in [0.15, 0.2) is 0 Å². The van der Waals surface area contributed by atoms with Crippen LogP contribution in [0.4, 0.5) is 4.79 Å². The van der Waals surface area contributed by atoms with Crippen LogP contribution in [0, 0.1) is 0 Å². The molecule has 3 amide bonds. The molecule has 1 aliphatic heterocycles. The minimum atomic E-state index is -0.632. The zero-order chi connectivity index (χ0) is 14.9. The van der Waals surface area contributed by atoms with E-state index in [1.807, 2.05) is 30.3 Å². The number of nitrogens with one attached hydrogen (secondary N) is 1. The summed E-state index contributed by atoms with van der Waals surface area (Å²) in [5.74, 6) is -0.0863. The van der Waals surface area contributed by atoms with Crippen molar-refractivity contribution in [2.75, 3.05) is 13.1 Å². The average Bonchev–Trinajstić information content (AvgIpc) is 3.06. The number of rotatable bonds is 4. The van der Waals surface area contributed by atoms with Gasteiger partial charge in [-0.25, -0.2) is 4.79 Å². The van der Waals surface area contributed by atoms with E-state index >= 15 is 0 Å². The zero-order valence-corrected chi connectivity index (χ0v) is 12.0. The number of imide groups is 1. The fourth-order valence-corrected chi connectivity index (χ4v) is 3.42. The second-order valence-electron chi connectivity index (χ2n) is 5.98. The third-order valence-electron chi connectivity index (χ3n) is 4.66. The maximum Gasteiger partial charge on any atom is 0.325 e. The largest absolute Gasteiger partial charge is 0.330 e. The molecule has 1 saturated heterocycles. The number of nitrogens with two attached hydrogens (primary N) is 1. The monoisotopic (exact) mass is 287 g/mol. The van der Waals surface area contributed by atoms with Gasteiger partial charge >= 0.3 is 6.03 Å². The molecule has 3 N–H and O–H groups in total. The lowest BCUT2D eigenvalue weighted by Gasteiger charge is -2.23. The highest BCUT2D eigenvalue weighted by Gasteiger charge is 2.52. The molecule has 1 aromatic carbocycles. The van der Waals surface area contributed by atoms with Gasteiger partial charge in [-0.2, -0.15) is 0 Å². The van der Waals surface area contributed by atoms with Gasteiger partial charge in [-0.3, -0.25) is 9.69 Å². The topological polar surface area (TPSA) is 75.4 Å². The Morgan fingerprint density at radius 2 is 1.86 bits per heavy atom. The molecule has 5 nitrogen and oxygen atoms in total. The molecular formula is C16H21N3O2. The summed E-state index contributed by atoms with van der Waals surface area (Å²) in [6, 6.07) is 9.54. The van der Waals surface area contributed by atoms with Crippen LogP contribution in [-0.2, 0) is 4.79 Å². The number of amides is 3. The number of carbonyl (C=O) groups is 2. The highest BCUT2D eigenvalue weighted by molar-refractivity contribution is 6.07. The molecule has 1 aliphatic carbocycles. The zero-order valence-electron chi connectivity index (χ0n) is 12.0. The van der Waals surface area contributed by atoms with Gasteiger partial charge in [-0.05, 0) is 18.4 Å². The summed E-state index contributed by atoms with van der Waals surface area (Å²) in [4.78, 5) is 26.2. The van der Waals surface area contributed by atoms with E-state index in [1.165, 1.54) is 4.90 Å². The average molecular weight is 287 g/mol. The molecule has 21 heavy (non-hydrogen) atoms. The van der Waals surface area contributed by atoms with Gasteiger partial charge in [0.2, 0.25) is 0 Å². The van der Waals surface area contributed by atoms with E-state index in [1.54, 1.807) is 0 Å². The van der Waals surface area contributed by atoms with Gasteiger partial charge in [0, 0.05) is 19.0 Å². The maximum atomic E-state index is 12.6. The van der Waals surface area contributed by atoms with Gasteiger partial charge in [-0.15, -0.1) is 0 Å². The maximum absolute atomic E-state index is 12.6. The van der Waals surface area contributed by atoms with E-state index < -0.39 is 5.54 Å². The highest BCUT2D eigenvalue weighted by Crippen LogP contribution is 2.35. The SMILES string of the molecule is NCC(CN1C(=O)NC2(CCCC2)C1=O)c1ccccc1. The number of carbonyl (C=O) groups excluding carboxylic acids is 2. The highest BCUT2D eigenvalue weighted by atomic mass is 16.2. The number of benzene rings is 1. The molecular weight excluding hydrogens is 266 g/mol. The molecule has 1 aromatic rings. The molecule has 1 spiro atoms. The summed E-state index contributed by atoms with van der Waals surface area (Å²) in [6.07, 6.45) is 3.51. The van der Waals surface area contributed by atoms with Crippen LogP contribution in [0.5, 0.6) is 0 Å². The van der Waals surface area contributed by atoms with Crippen molar-refractivity contribution in [2.45, 2.75) is 37.1 Å². The summed E-state index contributed by atoms with van der Waals surface area (Å²) in [6.45, 7) is 0.765. The lowest BCUT2D eigenvalue weighted by atomic mass is 9.96. The lowest BCUT2D eigenvalue weighted by Crippen LogP contribution is -2.44. The third kappa shape index (κ3) is 2.42. The van der Waals surface area contributed by atoms with Crippen LogP contribution in [0.15, 0.2) is 30.3 Å². The van der Waals surface area contributed by atoms with Crippen molar-refractivity contribution in [3.63, 3.8) is 0 Å². The first-order valence-corrected chi connectivity index (χ1v) is 7.55. The standard InChI is InChI=1S/C16H21N3O2/c17-10-13(12-6-2-1-3-7-12)11-19-14(20)16(18-15(19)21)8-4-5-9-16/h1-3,6-7,13H,4-5,8-11,17H2,(H,18,21). The van der Waals surface area contributed by atoms with Crippen LogP contribution in [0.1, 0.15) is 37.2 Å². The van der Waals surface area contributed by atoms with Crippen LogP contribution in [0.3, 0.4) is 0 Å². The van der Waals surface area contributed by atoms with Crippen molar-refractivity contribution in [3.8, 4) is 0 Å². The lowest BCUT2D eigenvalue weighted by molar-refractivity contribution is -0.131. The Morgan fingerprint density at radius 1 is 1.19 bits per heavy atom. The molecule has 0 aromatic heterocycles. The normalized spacial score (nSPS) is 21.9.